The summed E-state index contributed by atoms with van der Waals surface area (Å²) in [6, 6.07) is 10.3. The molecule has 3 rings (SSSR count). The van der Waals surface area contributed by atoms with Gasteiger partial charge in [0.05, 0.1) is 17.0 Å². The number of alkyl halides is 6. The third-order valence-electron chi connectivity index (χ3n) is 3.65. The second-order valence-electron chi connectivity index (χ2n) is 5.53. The highest BCUT2D eigenvalue weighted by Gasteiger charge is 2.36. The van der Waals surface area contributed by atoms with Crippen LogP contribution in [-0.2, 0) is 19.4 Å². The van der Waals surface area contributed by atoms with Gasteiger partial charge in [0, 0.05) is 12.6 Å². The molecule has 0 saturated heterocycles. The molecule has 3 nitrogen and oxygen atoms in total. The first-order valence-electron chi connectivity index (χ1n) is 7.32. The molecule has 2 heterocycles. The van der Waals surface area contributed by atoms with Crippen LogP contribution in [0.1, 0.15) is 11.3 Å². The predicted octanol–water partition coefficient (Wildman–Crippen LogP) is 5.19. The van der Waals surface area contributed by atoms with Crippen LogP contribution in [0.15, 0.2) is 48.5 Å². The van der Waals surface area contributed by atoms with Crippen molar-refractivity contribution in [3.8, 4) is 22.6 Å². The maximum Gasteiger partial charge on any atom is 0.433 e. The second-order valence-corrected chi connectivity index (χ2v) is 5.53. The van der Waals surface area contributed by atoms with E-state index < -0.39 is 23.6 Å². The molecule has 3 aromatic rings. The Labute approximate surface area is 143 Å². The molecule has 0 bridgehead atoms. The molecule has 0 fully saturated rings. The second kappa shape index (κ2) is 6.15. The van der Waals surface area contributed by atoms with E-state index in [2.05, 4.69) is 10.1 Å². The smallest absolute Gasteiger partial charge is 0.263 e. The van der Waals surface area contributed by atoms with Gasteiger partial charge in [-0.05, 0) is 18.2 Å². The maximum absolute atomic E-state index is 13.2. The topological polar surface area (TPSA) is 30.7 Å². The molecule has 0 atom stereocenters. The molecule has 2 aromatic heterocycles. The van der Waals surface area contributed by atoms with E-state index in [0.717, 1.165) is 13.1 Å². The quantitative estimate of drug-likeness (QED) is 0.581. The third-order valence-corrected chi connectivity index (χ3v) is 3.65. The van der Waals surface area contributed by atoms with Crippen LogP contribution in [0.4, 0.5) is 26.3 Å². The minimum absolute atomic E-state index is 0.00497. The summed E-state index contributed by atoms with van der Waals surface area (Å²) >= 11 is 0. The monoisotopic (exact) mass is 371 g/mol. The maximum atomic E-state index is 13.2. The first-order chi connectivity index (χ1) is 12.1. The van der Waals surface area contributed by atoms with E-state index >= 15 is 0 Å². The van der Waals surface area contributed by atoms with Crippen LogP contribution in [-0.4, -0.2) is 14.8 Å². The van der Waals surface area contributed by atoms with Gasteiger partial charge in [-0.2, -0.15) is 31.4 Å². The lowest BCUT2D eigenvalue weighted by Gasteiger charge is -2.11. The fraction of sp³-hybridized carbons (Fsp3) is 0.176. The van der Waals surface area contributed by atoms with E-state index in [9.17, 15) is 26.3 Å². The minimum atomic E-state index is -4.68. The van der Waals surface area contributed by atoms with Crippen molar-refractivity contribution >= 4 is 0 Å². The Balaban J connectivity index is 2.19. The van der Waals surface area contributed by atoms with Gasteiger partial charge < -0.3 is 0 Å². The number of rotatable bonds is 2. The van der Waals surface area contributed by atoms with Gasteiger partial charge in [-0.1, -0.05) is 30.3 Å². The summed E-state index contributed by atoms with van der Waals surface area (Å²) in [5.74, 6) is 0. The Morgan fingerprint density at radius 2 is 1.38 bits per heavy atom. The van der Waals surface area contributed by atoms with Crippen LogP contribution in [0.3, 0.4) is 0 Å². The molecule has 0 aliphatic heterocycles. The van der Waals surface area contributed by atoms with Gasteiger partial charge in [0.15, 0.2) is 0 Å². The third kappa shape index (κ3) is 3.56. The molecule has 0 aliphatic rings. The van der Waals surface area contributed by atoms with Crippen molar-refractivity contribution in [2.75, 3.05) is 0 Å². The zero-order valence-corrected chi connectivity index (χ0v) is 13.2. The van der Waals surface area contributed by atoms with Crippen LogP contribution in [0.5, 0.6) is 0 Å². The summed E-state index contributed by atoms with van der Waals surface area (Å²) in [6.07, 6.45) is -9.35. The Morgan fingerprint density at radius 1 is 0.769 bits per heavy atom. The van der Waals surface area contributed by atoms with Gasteiger partial charge in [-0.25, -0.2) is 4.98 Å². The summed E-state index contributed by atoms with van der Waals surface area (Å²) in [4.78, 5) is 4.08. The molecule has 136 valence electrons. The number of aromatic nitrogens is 3. The zero-order chi connectivity index (χ0) is 19.1. The van der Waals surface area contributed by atoms with Crippen LogP contribution in [0.2, 0.25) is 0 Å². The van der Waals surface area contributed by atoms with E-state index in [1.54, 1.807) is 30.3 Å². The molecular weight excluding hydrogens is 360 g/mol. The van der Waals surface area contributed by atoms with Gasteiger partial charge in [0.1, 0.15) is 11.4 Å². The molecular formula is C17H11F6N3. The average Bonchev–Trinajstić information content (AvgIpc) is 2.97. The molecule has 0 spiro atoms. The van der Waals surface area contributed by atoms with E-state index in [1.165, 1.54) is 0 Å². The van der Waals surface area contributed by atoms with Crippen LogP contribution < -0.4 is 0 Å². The van der Waals surface area contributed by atoms with E-state index in [0.29, 0.717) is 22.4 Å². The molecule has 0 unspecified atom stereocenters. The van der Waals surface area contributed by atoms with Crippen LogP contribution in [0.25, 0.3) is 22.6 Å². The lowest BCUT2D eigenvalue weighted by molar-refractivity contribution is -0.143. The van der Waals surface area contributed by atoms with Crippen molar-refractivity contribution in [1.29, 1.82) is 0 Å². The summed E-state index contributed by atoms with van der Waals surface area (Å²) in [7, 11) is 1.07. The fourth-order valence-electron chi connectivity index (χ4n) is 2.44. The van der Waals surface area contributed by atoms with Gasteiger partial charge in [-0.3, -0.25) is 4.68 Å². The normalized spacial score (nSPS) is 12.4. The molecule has 0 radical (unpaired) electrons. The standard InChI is InChI=1S/C17H11F6N3/c1-26-15(17(21,22)23)9-14(25-26)13-8-11(16(18,19)20)7-12(24-13)10-5-3-2-4-6-10/h2-9H,1H3. The Morgan fingerprint density at radius 3 is 1.92 bits per heavy atom. The molecule has 0 saturated carbocycles. The molecule has 9 heteroatoms. The van der Waals surface area contributed by atoms with E-state index in [4.69, 9.17) is 0 Å². The van der Waals surface area contributed by atoms with Gasteiger partial charge >= 0.3 is 12.4 Å². The largest absolute Gasteiger partial charge is 0.433 e. The summed E-state index contributed by atoms with van der Waals surface area (Å²) in [5.41, 5.74) is -2.26. The Hall–Kier alpha value is -2.84. The van der Waals surface area contributed by atoms with E-state index in [-0.39, 0.29) is 17.1 Å². The highest BCUT2D eigenvalue weighted by molar-refractivity contribution is 5.66. The predicted molar refractivity (Wildman–Crippen MR) is 81.9 cm³/mol. The number of hydrogen-bond acceptors (Lipinski definition) is 2. The lowest BCUT2D eigenvalue weighted by atomic mass is 10.1. The molecule has 0 N–H and O–H groups in total. The van der Waals surface area contributed by atoms with Crippen molar-refractivity contribution in [3.63, 3.8) is 0 Å². The van der Waals surface area contributed by atoms with Gasteiger partial charge in [-0.15, -0.1) is 0 Å². The highest BCUT2D eigenvalue weighted by Crippen LogP contribution is 2.36. The summed E-state index contributed by atoms with van der Waals surface area (Å²) < 4.78 is 79.0. The molecule has 0 amide bonds. The van der Waals surface area contributed by atoms with Crippen molar-refractivity contribution in [2.24, 2.45) is 7.05 Å². The van der Waals surface area contributed by atoms with Gasteiger partial charge in [0.2, 0.25) is 0 Å². The number of nitrogens with zero attached hydrogens (tertiary/aromatic N) is 3. The van der Waals surface area contributed by atoms with Crippen LogP contribution in [0, 0.1) is 0 Å². The van der Waals surface area contributed by atoms with E-state index in [1.807, 2.05) is 0 Å². The van der Waals surface area contributed by atoms with Crippen molar-refractivity contribution in [1.82, 2.24) is 14.8 Å². The van der Waals surface area contributed by atoms with Gasteiger partial charge in [0.25, 0.3) is 0 Å². The first-order valence-corrected chi connectivity index (χ1v) is 7.32. The Bertz CT molecular complexity index is 926. The van der Waals surface area contributed by atoms with Crippen LogP contribution >= 0.6 is 0 Å². The number of aryl methyl sites for hydroxylation is 1. The molecule has 26 heavy (non-hydrogen) atoms. The summed E-state index contributed by atoms with van der Waals surface area (Å²) in [6.45, 7) is 0. The molecule has 1 aromatic carbocycles. The van der Waals surface area contributed by atoms with Crippen molar-refractivity contribution in [2.45, 2.75) is 12.4 Å². The zero-order valence-electron chi connectivity index (χ0n) is 13.2. The number of halogens is 6. The number of pyridine rings is 1. The Kier molecular flexibility index (Phi) is 4.25. The fourth-order valence-corrected chi connectivity index (χ4v) is 2.44. The molecule has 0 aliphatic carbocycles. The van der Waals surface area contributed by atoms with Crippen molar-refractivity contribution < 1.29 is 26.3 Å². The average molecular weight is 371 g/mol. The highest BCUT2D eigenvalue weighted by atomic mass is 19.4. The SMILES string of the molecule is Cn1nc(-c2cc(C(F)(F)F)cc(-c3ccccc3)n2)cc1C(F)(F)F. The number of hydrogen-bond donors (Lipinski definition) is 0. The minimum Gasteiger partial charge on any atom is -0.263 e. The first kappa shape index (κ1) is 18.0. The lowest BCUT2D eigenvalue weighted by Crippen LogP contribution is -2.11. The summed E-state index contributed by atoms with van der Waals surface area (Å²) in [5, 5.41) is 3.67. The number of benzene rings is 1. The van der Waals surface area contributed by atoms with Crippen molar-refractivity contribution in [3.05, 3.63) is 59.8 Å².